The van der Waals surface area contributed by atoms with Crippen LogP contribution in [0.25, 0.3) is 0 Å². The van der Waals surface area contributed by atoms with Crippen LogP contribution in [0, 0.1) is 0 Å². The Morgan fingerprint density at radius 2 is 1.78 bits per heavy atom. The van der Waals surface area contributed by atoms with E-state index in [9.17, 15) is 14.4 Å². The van der Waals surface area contributed by atoms with Crippen LogP contribution in [0.3, 0.4) is 0 Å². The second kappa shape index (κ2) is 4.79. The van der Waals surface area contributed by atoms with Gasteiger partial charge in [0.05, 0.1) is 11.1 Å². The number of carboxylic acids is 1. The predicted octanol–water partition coefficient (Wildman–Crippen LogP) is 1.78. The molecule has 2 rings (SSSR count). The van der Waals surface area contributed by atoms with E-state index in [0.717, 1.165) is 0 Å². The Morgan fingerprint density at radius 1 is 1.11 bits per heavy atom. The van der Waals surface area contributed by atoms with Gasteiger partial charge >= 0.3 is 5.97 Å². The molecule has 0 heterocycles. The number of Topliss-reactive ketones (excluding diaryl/α,β-unsaturated/α-hetero) is 2. The van der Waals surface area contributed by atoms with Gasteiger partial charge in [0, 0.05) is 12.0 Å². The molecule has 0 unspecified atom stereocenters. The summed E-state index contributed by atoms with van der Waals surface area (Å²) in [6.07, 6.45) is 2.82. The predicted molar refractivity (Wildman–Crippen MR) is 64.2 cm³/mol. The van der Waals surface area contributed by atoms with Gasteiger partial charge in [0.15, 0.2) is 11.6 Å². The van der Waals surface area contributed by atoms with E-state index in [-0.39, 0.29) is 17.6 Å². The lowest BCUT2D eigenvalue weighted by Crippen LogP contribution is -2.20. The smallest absolute Gasteiger partial charge is 0.336 e. The largest absolute Gasteiger partial charge is 0.478 e. The number of benzene rings is 1. The van der Waals surface area contributed by atoms with Crippen LogP contribution in [0.1, 0.15) is 16.8 Å². The van der Waals surface area contributed by atoms with Gasteiger partial charge in [-0.15, -0.1) is 0 Å². The highest BCUT2D eigenvalue weighted by Crippen LogP contribution is 2.20. The van der Waals surface area contributed by atoms with E-state index in [1.54, 1.807) is 30.3 Å². The molecule has 18 heavy (non-hydrogen) atoms. The first-order chi connectivity index (χ1) is 8.61. The Labute approximate surface area is 103 Å². The molecule has 1 aromatic rings. The van der Waals surface area contributed by atoms with Gasteiger partial charge in [0.25, 0.3) is 0 Å². The van der Waals surface area contributed by atoms with Gasteiger partial charge in [-0.3, -0.25) is 9.59 Å². The molecule has 0 saturated carbocycles. The van der Waals surface area contributed by atoms with Crippen LogP contribution < -0.4 is 0 Å². The fourth-order valence-electron chi connectivity index (χ4n) is 1.78. The summed E-state index contributed by atoms with van der Waals surface area (Å²) in [5.74, 6) is -2.26. The van der Waals surface area contributed by atoms with E-state index in [2.05, 4.69) is 0 Å². The summed E-state index contributed by atoms with van der Waals surface area (Å²) in [6.45, 7) is 0. The minimum Gasteiger partial charge on any atom is -0.478 e. The maximum absolute atomic E-state index is 12.1. The molecule has 1 aromatic carbocycles. The van der Waals surface area contributed by atoms with Crippen molar-refractivity contribution in [3.05, 3.63) is 59.2 Å². The maximum atomic E-state index is 12.1. The van der Waals surface area contributed by atoms with Crippen LogP contribution in [-0.4, -0.2) is 22.6 Å². The first kappa shape index (κ1) is 12.0. The van der Waals surface area contributed by atoms with Gasteiger partial charge in [-0.1, -0.05) is 42.5 Å². The molecule has 1 N–H and O–H groups in total. The zero-order chi connectivity index (χ0) is 13.1. The van der Waals surface area contributed by atoms with Gasteiger partial charge < -0.3 is 5.11 Å². The third-order valence-corrected chi connectivity index (χ3v) is 2.63. The second-order valence-corrected chi connectivity index (χ2v) is 3.82. The summed E-state index contributed by atoms with van der Waals surface area (Å²) in [6, 6.07) is 8.18. The molecule has 1 aliphatic rings. The molecule has 1 aliphatic carbocycles. The number of hydrogen-bond acceptors (Lipinski definition) is 3. The monoisotopic (exact) mass is 242 g/mol. The minimum absolute atomic E-state index is 0.0602. The van der Waals surface area contributed by atoms with Crippen LogP contribution in [0.5, 0.6) is 0 Å². The molecule has 0 aliphatic heterocycles. The van der Waals surface area contributed by atoms with Crippen LogP contribution in [-0.2, 0) is 9.59 Å². The van der Waals surface area contributed by atoms with E-state index in [4.69, 9.17) is 5.11 Å². The van der Waals surface area contributed by atoms with E-state index in [0.29, 0.717) is 5.56 Å². The summed E-state index contributed by atoms with van der Waals surface area (Å²) in [5.41, 5.74) is -0.161. The zero-order valence-corrected chi connectivity index (χ0v) is 9.42. The second-order valence-electron chi connectivity index (χ2n) is 3.82. The van der Waals surface area contributed by atoms with Gasteiger partial charge in [-0.25, -0.2) is 4.79 Å². The number of carbonyl (C=O) groups excluding carboxylic acids is 2. The summed E-state index contributed by atoms with van der Waals surface area (Å²) < 4.78 is 0. The number of allylic oxidation sites excluding steroid dienone is 2. The van der Waals surface area contributed by atoms with Crippen molar-refractivity contribution in [1.82, 2.24) is 0 Å². The average Bonchev–Trinajstić information content (AvgIpc) is 2.38. The van der Waals surface area contributed by atoms with Gasteiger partial charge in [0.1, 0.15) is 0 Å². The molecular weight excluding hydrogens is 232 g/mol. The van der Waals surface area contributed by atoms with Crippen molar-refractivity contribution in [1.29, 1.82) is 0 Å². The number of carbonyl (C=O) groups is 3. The fourth-order valence-corrected chi connectivity index (χ4v) is 1.78. The molecule has 0 radical (unpaired) electrons. The molecule has 0 amide bonds. The first-order valence-electron chi connectivity index (χ1n) is 5.38. The summed E-state index contributed by atoms with van der Waals surface area (Å²) in [4.78, 5) is 34.9. The standard InChI is InChI=1S/C14H10O4/c15-11-8-4-7-10(14(17)18)12(11)13(16)9-5-2-1-3-6-9/h1-7H,8H2,(H,17,18). The van der Waals surface area contributed by atoms with E-state index >= 15 is 0 Å². The lowest BCUT2D eigenvalue weighted by molar-refractivity contribution is -0.132. The van der Waals surface area contributed by atoms with Crippen LogP contribution in [0.15, 0.2) is 53.6 Å². The van der Waals surface area contributed by atoms with Gasteiger partial charge in [-0.2, -0.15) is 0 Å². The molecule has 0 saturated heterocycles. The van der Waals surface area contributed by atoms with Crippen molar-refractivity contribution in [2.45, 2.75) is 6.42 Å². The van der Waals surface area contributed by atoms with Crippen molar-refractivity contribution in [2.24, 2.45) is 0 Å². The van der Waals surface area contributed by atoms with Crippen molar-refractivity contribution < 1.29 is 19.5 Å². The van der Waals surface area contributed by atoms with Crippen molar-refractivity contribution in [3.63, 3.8) is 0 Å². The molecular formula is C14H10O4. The Hall–Kier alpha value is -2.49. The maximum Gasteiger partial charge on any atom is 0.336 e. The average molecular weight is 242 g/mol. The molecule has 0 aromatic heterocycles. The SMILES string of the molecule is O=C(O)C1=C(C(=O)c2ccccc2)C(=O)CC=C1. The lowest BCUT2D eigenvalue weighted by atomic mass is 9.90. The minimum atomic E-state index is -1.27. The summed E-state index contributed by atoms with van der Waals surface area (Å²) >= 11 is 0. The number of rotatable bonds is 3. The topological polar surface area (TPSA) is 71.4 Å². The summed E-state index contributed by atoms with van der Waals surface area (Å²) in [5, 5.41) is 9.01. The highest BCUT2D eigenvalue weighted by Gasteiger charge is 2.27. The van der Waals surface area contributed by atoms with E-state index in [1.165, 1.54) is 12.2 Å². The van der Waals surface area contributed by atoms with Crippen molar-refractivity contribution >= 4 is 17.5 Å². The molecule has 0 fully saturated rings. The quantitative estimate of drug-likeness (QED) is 0.647. The zero-order valence-electron chi connectivity index (χ0n) is 9.42. The van der Waals surface area contributed by atoms with Gasteiger partial charge in [-0.05, 0) is 0 Å². The summed E-state index contributed by atoms with van der Waals surface area (Å²) in [7, 11) is 0. The molecule has 4 heteroatoms. The molecule has 0 atom stereocenters. The molecule has 0 bridgehead atoms. The first-order valence-corrected chi connectivity index (χ1v) is 5.38. The molecule has 0 spiro atoms. The normalized spacial score (nSPS) is 14.8. The number of hydrogen-bond donors (Lipinski definition) is 1. The fraction of sp³-hybridized carbons (Fsp3) is 0.0714. The Bertz CT molecular complexity index is 579. The van der Waals surface area contributed by atoms with Crippen molar-refractivity contribution in [2.75, 3.05) is 0 Å². The number of carboxylic acid groups (broad SMARTS) is 1. The molecule has 90 valence electrons. The third kappa shape index (κ3) is 2.13. The number of ketones is 2. The molecule has 4 nitrogen and oxygen atoms in total. The number of aliphatic carboxylic acids is 1. The Kier molecular flexibility index (Phi) is 3.19. The van der Waals surface area contributed by atoms with Crippen molar-refractivity contribution in [3.8, 4) is 0 Å². The van der Waals surface area contributed by atoms with Crippen LogP contribution in [0.2, 0.25) is 0 Å². The highest BCUT2D eigenvalue weighted by atomic mass is 16.4. The third-order valence-electron chi connectivity index (χ3n) is 2.63. The highest BCUT2D eigenvalue weighted by molar-refractivity contribution is 6.30. The Morgan fingerprint density at radius 3 is 2.39 bits per heavy atom. The van der Waals surface area contributed by atoms with Crippen LogP contribution in [0.4, 0.5) is 0 Å². The van der Waals surface area contributed by atoms with E-state index in [1.807, 2.05) is 0 Å². The van der Waals surface area contributed by atoms with Gasteiger partial charge in [0.2, 0.25) is 0 Å². The van der Waals surface area contributed by atoms with E-state index < -0.39 is 17.5 Å². The lowest BCUT2D eigenvalue weighted by Gasteiger charge is -2.11. The Balaban J connectivity index is 2.53. The van der Waals surface area contributed by atoms with Crippen LogP contribution >= 0.6 is 0 Å².